The number of aliphatic hydroxyl groups is 1. The maximum Gasteiger partial charge on any atom is 0.164 e. The second-order valence-corrected chi connectivity index (χ2v) is 2.47. The summed E-state index contributed by atoms with van der Waals surface area (Å²) in [6.07, 6.45) is -0.559. The molecule has 0 fully saturated rings. The second-order valence-electron chi connectivity index (χ2n) is 2.47. The van der Waals surface area contributed by atoms with Gasteiger partial charge >= 0.3 is 0 Å². The Morgan fingerprint density at radius 3 is 2.50 bits per heavy atom. The highest BCUT2D eigenvalue weighted by Crippen LogP contribution is 1.95. The fraction of sp³-hybridized carbons (Fsp3) is 0.750. The Labute approximate surface area is 72.3 Å². The molecule has 0 aliphatic rings. The van der Waals surface area contributed by atoms with Crippen molar-refractivity contribution in [3.05, 3.63) is 0 Å². The smallest absolute Gasteiger partial charge is 0.164 e. The lowest BCUT2D eigenvalue weighted by Gasteiger charge is -2.10. The van der Waals surface area contributed by atoms with Crippen molar-refractivity contribution in [1.82, 2.24) is 0 Å². The predicted octanol–water partition coefficient (Wildman–Crippen LogP) is 0.0436. The highest BCUT2D eigenvalue weighted by atomic mass is 16.5. The van der Waals surface area contributed by atoms with Crippen molar-refractivity contribution in [2.24, 2.45) is 4.99 Å². The molecule has 0 rings (SSSR count). The third-order valence-corrected chi connectivity index (χ3v) is 1.45. The van der Waals surface area contributed by atoms with Gasteiger partial charge in [-0.15, -0.1) is 0 Å². The molecule has 0 aliphatic carbocycles. The van der Waals surface area contributed by atoms with E-state index in [1.165, 1.54) is 14.0 Å². The highest BCUT2D eigenvalue weighted by Gasteiger charge is 2.15. The first-order chi connectivity index (χ1) is 5.63. The minimum absolute atomic E-state index is 0.00825. The average Bonchev–Trinajstić information content (AvgIpc) is 2.01. The van der Waals surface area contributed by atoms with Crippen molar-refractivity contribution in [1.29, 1.82) is 0 Å². The molecule has 0 spiro atoms. The van der Waals surface area contributed by atoms with E-state index in [9.17, 15) is 4.79 Å². The molecule has 0 aromatic heterocycles. The predicted molar refractivity (Wildman–Crippen MR) is 46.5 cm³/mol. The van der Waals surface area contributed by atoms with Crippen LogP contribution in [0.25, 0.3) is 0 Å². The van der Waals surface area contributed by atoms with Crippen LogP contribution in [0.5, 0.6) is 0 Å². The number of methoxy groups -OCH3 is 1. The lowest BCUT2D eigenvalue weighted by Crippen LogP contribution is -2.28. The molecule has 1 unspecified atom stereocenters. The minimum atomic E-state index is -0.559. The van der Waals surface area contributed by atoms with E-state index in [4.69, 9.17) is 9.84 Å². The number of hydrogen-bond donors (Lipinski definition) is 1. The van der Waals surface area contributed by atoms with E-state index in [1.54, 1.807) is 6.92 Å². The van der Waals surface area contributed by atoms with Gasteiger partial charge in [-0.3, -0.25) is 9.79 Å². The molecule has 0 amide bonds. The molecule has 0 radical (unpaired) electrons. The largest absolute Gasteiger partial charge is 0.394 e. The molecule has 0 saturated heterocycles. The summed E-state index contributed by atoms with van der Waals surface area (Å²) in [5.74, 6) is -0.0725. The summed E-state index contributed by atoms with van der Waals surface area (Å²) in [7, 11) is 1.46. The summed E-state index contributed by atoms with van der Waals surface area (Å²) >= 11 is 0. The zero-order chi connectivity index (χ0) is 9.56. The van der Waals surface area contributed by atoms with E-state index in [1.807, 2.05) is 0 Å². The van der Waals surface area contributed by atoms with Crippen LogP contribution in [0.4, 0.5) is 0 Å². The molecule has 4 heteroatoms. The van der Waals surface area contributed by atoms with E-state index >= 15 is 0 Å². The Kier molecular flexibility index (Phi) is 5.49. The number of nitrogens with zero attached hydrogens (tertiary/aromatic N) is 1. The van der Waals surface area contributed by atoms with Gasteiger partial charge in [0.05, 0.1) is 13.2 Å². The summed E-state index contributed by atoms with van der Waals surface area (Å²) in [5, 5.41) is 8.48. The van der Waals surface area contributed by atoms with Crippen LogP contribution in [-0.4, -0.2) is 43.0 Å². The van der Waals surface area contributed by atoms with Crippen molar-refractivity contribution in [3.63, 3.8) is 0 Å². The van der Waals surface area contributed by atoms with E-state index in [0.29, 0.717) is 12.3 Å². The normalized spacial score (nSPS) is 14.5. The molecule has 1 N–H and O–H groups in total. The Hall–Kier alpha value is -0.740. The molecule has 4 nitrogen and oxygen atoms in total. The van der Waals surface area contributed by atoms with Crippen LogP contribution in [0.2, 0.25) is 0 Å². The van der Waals surface area contributed by atoms with Crippen LogP contribution in [0.1, 0.15) is 13.8 Å². The molecular formula is C8H15NO3. The number of rotatable bonds is 5. The molecule has 0 aromatic rings. The molecule has 1 atom stereocenters. The first-order valence-electron chi connectivity index (χ1n) is 3.78. The Balaban J connectivity index is 4.20. The van der Waals surface area contributed by atoms with Crippen molar-refractivity contribution in [2.45, 2.75) is 20.0 Å². The van der Waals surface area contributed by atoms with E-state index in [-0.39, 0.29) is 12.4 Å². The van der Waals surface area contributed by atoms with Gasteiger partial charge < -0.3 is 9.84 Å². The number of hydrogen-bond acceptors (Lipinski definition) is 4. The Morgan fingerprint density at radius 1 is 1.58 bits per heavy atom. The lowest BCUT2D eigenvalue weighted by atomic mass is 10.2. The fourth-order valence-electron chi connectivity index (χ4n) is 0.940. The van der Waals surface area contributed by atoms with Gasteiger partial charge in [-0.25, -0.2) is 0 Å². The van der Waals surface area contributed by atoms with Crippen LogP contribution >= 0.6 is 0 Å². The molecular weight excluding hydrogens is 158 g/mol. The molecule has 12 heavy (non-hydrogen) atoms. The van der Waals surface area contributed by atoms with Gasteiger partial charge in [0, 0.05) is 12.8 Å². The molecule has 0 heterocycles. The number of ether oxygens (including phenoxy) is 1. The van der Waals surface area contributed by atoms with Crippen molar-refractivity contribution in [2.75, 3.05) is 20.3 Å². The first-order valence-corrected chi connectivity index (χ1v) is 3.78. The van der Waals surface area contributed by atoms with Gasteiger partial charge in [-0.2, -0.15) is 0 Å². The van der Waals surface area contributed by atoms with Crippen LogP contribution in [-0.2, 0) is 9.53 Å². The summed E-state index contributed by atoms with van der Waals surface area (Å²) in [6.45, 7) is 3.47. The number of aliphatic hydroxyl groups excluding tert-OH is 1. The zero-order valence-electron chi connectivity index (χ0n) is 7.70. The third kappa shape index (κ3) is 3.59. The van der Waals surface area contributed by atoms with Crippen LogP contribution in [0.3, 0.4) is 0 Å². The summed E-state index contributed by atoms with van der Waals surface area (Å²) in [4.78, 5) is 14.9. The van der Waals surface area contributed by atoms with Gasteiger partial charge in [-0.1, -0.05) is 0 Å². The highest BCUT2D eigenvalue weighted by molar-refractivity contribution is 6.05. The monoisotopic (exact) mass is 173 g/mol. The summed E-state index contributed by atoms with van der Waals surface area (Å²) in [6, 6.07) is 0. The lowest BCUT2D eigenvalue weighted by molar-refractivity contribution is -0.123. The second kappa shape index (κ2) is 5.85. The quantitative estimate of drug-likeness (QED) is 0.597. The molecule has 0 saturated carbocycles. The van der Waals surface area contributed by atoms with E-state index in [2.05, 4.69) is 4.99 Å². The Morgan fingerprint density at radius 2 is 2.17 bits per heavy atom. The number of carbonyl (C=O) groups excluding carboxylic acids is 1. The summed E-state index contributed by atoms with van der Waals surface area (Å²) in [5.41, 5.74) is 0.610. The number of Topliss-reactive ketones (excluding diaryl/α,β-unsaturated/α-hetero) is 1. The van der Waals surface area contributed by atoms with E-state index < -0.39 is 6.10 Å². The van der Waals surface area contributed by atoms with Crippen molar-refractivity contribution < 1.29 is 14.6 Å². The average molecular weight is 173 g/mol. The van der Waals surface area contributed by atoms with Gasteiger partial charge in [0.2, 0.25) is 0 Å². The fourth-order valence-corrected chi connectivity index (χ4v) is 0.940. The maximum absolute atomic E-state index is 10.9. The van der Waals surface area contributed by atoms with Crippen LogP contribution in [0.15, 0.2) is 4.99 Å². The topological polar surface area (TPSA) is 58.9 Å². The summed E-state index contributed by atoms with van der Waals surface area (Å²) < 4.78 is 4.91. The third-order valence-electron chi connectivity index (χ3n) is 1.45. The number of aliphatic imine (C=N–C) groups is 1. The standard InChI is InChI=1S/C8H15NO3/c1-6(9-4-5-10)8(12-3)7(2)11/h8,10H,4-5H2,1-3H3. The van der Waals surface area contributed by atoms with Crippen LogP contribution < -0.4 is 0 Å². The first kappa shape index (κ1) is 11.3. The van der Waals surface area contributed by atoms with Crippen molar-refractivity contribution in [3.8, 4) is 0 Å². The minimum Gasteiger partial charge on any atom is -0.394 e. The Bertz CT molecular complexity index is 177. The van der Waals surface area contributed by atoms with Gasteiger partial charge in [-0.05, 0) is 13.8 Å². The molecule has 0 aromatic carbocycles. The van der Waals surface area contributed by atoms with Gasteiger partial charge in [0.1, 0.15) is 0 Å². The SMILES string of the molecule is COC(C(C)=O)C(C)=NCCO. The van der Waals surface area contributed by atoms with Crippen LogP contribution in [0, 0.1) is 0 Å². The molecule has 70 valence electrons. The number of carbonyl (C=O) groups is 1. The number of ketones is 1. The van der Waals surface area contributed by atoms with Crippen molar-refractivity contribution >= 4 is 11.5 Å². The maximum atomic E-state index is 10.9. The van der Waals surface area contributed by atoms with E-state index in [0.717, 1.165) is 0 Å². The molecule has 0 bridgehead atoms. The zero-order valence-corrected chi connectivity index (χ0v) is 7.70. The molecule has 0 aliphatic heterocycles. The van der Waals surface area contributed by atoms with Gasteiger partial charge in [0.15, 0.2) is 11.9 Å². The van der Waals surface area contributed by atoms with Gasteiger partial charge in [0.25, 0.3) is 0 Å².